The predicted molar refractivity (Wildman–Crippen MR) is 130 cm³/mol. The molecule has 176 valence electrons. The summed E-state index contributed by atoms with van der Waals surface area (Å²) in [5.41, 5.74) is 1.26. The molecule has 2 N–H and O–H groups in total. The Balaban J connectivity index is 1.24. The van der Waals surface area contributed by atoms with E-state index in [-0.39, 0.29) is 11.6 Å². The summed E-state index contributed by atoms with van der Waals surface area (Å²) < 4.78 is 41.2. The van der Waals surface area contributed by atoms with Crippen LogP contribution in [0.1, 0.15) is 12.0 Å². The lowest BCUT2D eigenvalue weighted by Crippen LogP contribution is -2.35. The van der Waals surface area contributed by atoms with Gasteiger partial charge in [0.15, 0.2) is 0 Å². The number of hydrogen-bond acceptors (Lipinski definition) is 7. The Morgan fingerprint density at radius 2 is 2.03 bits per heavy atom. The summed E-state index contributed by atoms with van der Waals surface area (Å²) in [6, 6.07) is 11.5. The minimum Gasteiger partial charge on any atom is -0.355 e. The van der Waals surface area contributed by atoms with E-state index in [1.165, 1.54) is 24.4 Å². The molecule has 9 nitrogen and oxygen atoms in total. The predicted octanol–water partition coefficient (Wildman–Crippen LogP) is 3.15. The van der Waals surface area contributed by atoms with E-state index in [1.807, 2.05) is 19.3 Å². The van der Waals surface area contributed by atoms with Crippen LogP contribution in [0.5, 0.6) is 0 Å². The Labute approximate surface area is 196 Å². The Morgan fingerprint density at radius 1 is 1.18 bits per heavy atom. The maximum Gasteiger partial charge on any atom is 0.237 e. The van der Waals surface area contributed by atoms with Gasteiger partial charge in [-0.25, -0.2) is 27.8 Å². The Bertz CT molecular complexity index is 1410. The van der Waals surface area contributed by atoms with Crippen LogP contribution in [-0.4, -0.2) is 54.5 Å². The van der Waals surface area contributed by atoms with Crippen LogP contribution >= 0.6 is 0 Å². The smallest absolute Gasteiger partial charge is 0.237 e. The van der Waals surface area contributed by atoms with Gasteiger partial charge >= 0.3 is 0 Å². The standard InChI is InChI=1S/C23H24FN7O2S/c1-30(18-9-11-31(13-18)23-19-8-10-25-22(19)27-15-28-23)21-7-6-17(12-26-21)29-34(32,33)14-16-4-2-3-5-20(16)24/h2-8,10,12,15,18,29H,9,11,13-14H2,1H3,(H,25,27,28)/t18-/m1/s1. The molecular formula is C23H24FN7O2S. The molecule has 11 heteroatoms. The molecule has 1 atom stereocenters. The largest absolute Gasteiger partial charge is 0.355 e. The van der Waals surface area contributed by atoms with Gasteiger partial charge in [-0.1, -0.05) is 18.2 Å². The summed E-state index contributed by atoms with van der Waals surface area (Å²) in [5.74, 6) is 0.650. The number of fused-ring (bicyclic) bond motifs is 1. The topological polar surface area (TPSA) is 107 Å². The Morgan fingerprint density at radius 3 is 2.82 bits per heavy atom. The average molecular weight is 482 g/mol. The molecule has 34 heavy (non-hydrogen) atoms. The molecule has 4 heterocycles. The Kier molecular flexibility index (Phi) is 5.78. The van der Waals surface area contributed by atoms with Crippen molar-refractivity contribution in [1.82, 2.24) is 19.9 Å². The number of nitrogens with zero attached hydrogens (tertiary/aromatic N) is 5. The van der Waals surface area contributed by atoms with E-state index < -0.39 is 21.6 Å². The summed E-state index contributed by atoms with van der Waals surface area (Å²) in [4.78, 5) is 20.6. The molecule has 1 aromatic carbocycles. The van der Waals surface area contributed by atoms with Crippen molar-refractivity contribution in [3.63, 3.8) is 0 Å². The van der Waals surface area contributed by atoms with E-state index >= 15 is 0 Å². The molecule has 1 aliphatic rings. The number of pyridine rings is 1. The molecule has 5 rings (SSSR count). The summed E-state index contributed by atoms with van der Waals surface area (Å²) in [5, 5.41) is 0.996. The highest BCUT2D eigenvalue weighted by Gasteiger charge is 2.28. The molecule has 0 bridgehead atoms. The summed E-state index contributed by atoms with van der Waals surface area (Å²) in [6.45, 7) is 1.65. The third kappa shape index (κ3) is 4.51. The van der Waals surface area contributed by atoms with Crippen LogP contribution in [0.4, 0.5) is 21.7 Å². The number of anilines is 3. The minimum absolute atomic E-state index is 0.116. The molecule has 0 radical (unpaired) electrons. The fourth-order valence-electron chi connectivity index (χ4n) is 4.24. The number of aromatic nitrogens is 4. The van der Waals surface area contributed by atoms with E-state index in [2.05, 4.69) is 34.5 Å². The average Bonchev–Trinajstić information content (AvgIpc) is 3.50. The van der Waals surface area contributed by atoms with Gasteiger partial charge in [-0.05, 0) is 30.7 Å². The summed E-state index contributed by atoms with van der Waals surface area (Å²) in [7, 11) is -1.80. The van der Waals surface area contributed by atoms with Gasteiger partial charge in [-0.2, -0.15) is 0 Å². The van der Waals surface area contributed by atoms with Crippen LogP contribution in [0, 0.1) is 5.82 Å². The quantitative estimate of drug-likeness (QED) is 0.418. The van der Waals surface area contributed by atoms with E-state index in [9.17, 15) is 12.8 Å². The zero-order valence-electron chi connectivity index (χ0n) is 18.5. The van der Waals surface area contributed by atoms with Gasteiger partial charge in [0.25, 0.3) is 0 Å². The van der Waals surface area contributed by atoms with Crippen LogP contribution in [0.2, 0.25) is 0 Å². The Hall–Kier alpha value is -3.73. The van der Waals surface area contributed by atoms with Crippen molar-refractivity contribution in [3.05, 3.63) is 72.6 Å². The van der Waals surface area contributed by atoms with Crippen molar-refractivity contribution >= 4 is 38.4 Å². The first-order valence-corrected chi connectivity index (χ1v) is 12.5. The number of benzene rings is 1. The number of nitrogens with one attached hydrogen (secondary N) is 2. The lowest BCUT2D eigenvalue weighted by molar-refractivity contribution is 0.591. The molecule has 1 saturated heterocycles. The SMILES string of the molecule is CN(c1ccc(NS(=O)(=O)Cc2ccccc2F)cn1)[C@@H]1CCN(c2ncnc3[nH]ccc23)C1. The van der Waals surface area contributed by atoms with Gasteiger partial charge in [0.05, 0.1) is 23.0 Å². The van der Waals surface area contributed by atoms with Gasteiger partial charge in [0, 0.05) is 37.9 Å². The highest BCUT2D eigenvalue weighted by atomic mass is 32.2. The number of likely N-dealkylation sites (N-methyl/N-ethyl adjacent to an activating group) is 1. The molecule has 1 aliphatic heterocycles. The third-order valence-corrected chi connectivity index (χ3v) is 7.27. The summed E-state index contributed by atoms with van der Waals surface area (Å²) >= 11 is 0. The van der Waals surface area contributed by atoms with Crippen molar-refractivity contribution in [2.45, 2.75) is 18.2 Å². The lowest BCUT2D eigenvalue weighted by atomic mass is 10.2. The number of aromatic amines is 1. The highest BCUT2D eigenvalue weighted by molar-refractivity contribution is 7.91. The molecule has 3 aromatic heterocycles. The zero-order chi connectivity index (χ0) is 23.7. The van der Waals surface area contributed by atoms with Crippen molar-refractivity contribution in [1.29, 1.82) is 0 Å². The molecule has 1 fully saturated rings. The second-order valence-electron chi connectivity index (χ2n) is 8.29. The monoisotopic (exact) mass is 481 g/mol. The van der Waals surface area contributed by atoms with Crippen LogP contribution in [0.25, 0.3) is 11.0 Å². The number of halogens is 1. The molecule has 4 aromatic rings. The van der Waals surface area contributed by atoms with Gasteiger partial charge in [-0.3, -0.25) is 4.72 Å². The second kappa shape index (κ2) is 8.90. The number of sulfonamides is 1. The molecule has 0 spiro atoms. The molecular weight excluding hydrogens is 457 g/mol. The normalized spacial score (nSPS) is 16.2. The van der Waals surface area contributed by atoms with Crippen molar-refractivity contribution in [2.75, 3.05) is 34.7 Å². The van der Waals surface area contributed by atoms with Crippen molar-refractivity contribution in [2.24, 2.45) is 0 Å². The van der Waals surface area contributed by atoms with Gasteiger partial charge in [0.1, 0.15) is 29.4 Å². The molecule has 0 amide bonds. The first-order chi connectivity index (χ1) is 16.4. The number of rotatable bonds is 7. The van der Waals surface area contributed by atoms with Crippen LogP contribution < -0.4 is 14.5 Å². The van der Waals surface area contributed by atoms with Crippen LogP contribution in [0.15, 0.2) is 61.2 Å². The van der Waals surface area contributed by atoms with Gasteiger partial charge < -0.3 is 14.8 Å². The van der Waals surface area contributed by atoms with Crippen molar-refractivity contribution < 1.29 is 12.8 Å². The lowest BCUT2D eigenvalue weighted by Gasteiger charge is -2.26. The molecule has 0 unspecified atom stereocenters. The zero-order valence-corrected chi connectivity index (χ0v) is 19.3. The molecule has 0 saturated carbocycles. The fraction of sp³-hybridized carbons (Fsp3) is 0.261. The van der Waals surface area contributed by atoms with E-state index in [4.69, 9.17) is 0 Å². The maximum absolute atomic E-state index is 13.8. The van der Waals surface area contributed by atoms with Crippen LogP contribution in [-0.2, 0) is 15.8 Å². The fourth-order valence-corrected chi connectivity index (χ4v) is 5.43. The van der Waals surface area contributed by atoms with E-state index in [0.717, 1.165) is 42.2 Å². The highest BCUT2D eigenvalue weighted by Crippen LogP contribution is 2.28. The van der Waals surface area contributed by atoms with Crippen molar-refractivity contribution in [3.8, 4) is 0 Å². The number of hydrogen-bond donors (Lipinski definition) is 2. The van der Waals surface area contributed by atoms with Gasteiger partial charge in [-0.15, -0.1) is 0 Å². The van der Waals surface area contributed by atoms with E-state index in [0.29, 0.717) is 5.69 Å². The first-order valence-electron chi connectivity index (χ1n) is 10.9. The molecule has 0 aliphatic carbocycles. The second-order valence-corrected chi connectivity index (χ2v) is 10.0. The van der Waals surface area contributed by atoms with E-state index in [1.54, 1.807) is 24.5 Å². The third-order valence-electron chi connectivity index (χ3n) is 6.03. The van der Waals surface area contributed by atoms with Crippen LogP contribution in [0.3, 0.4) is 0 Å². The number of H-pyrrole nitrogens is 1. The minimum atomic E-state index is -3.77. The van der Waals surface area contributed by atoms with Gasteiger partial charge in [0.2, 0.25) is 10.0 Å². The summed E-state index contributed by atoms with van der Waals surface area (Å²) in [6.07, 6.45) is 5.84. The maximum atomic E-state index is 13.8. The first kappa shape index (κ1) is 22.1.